The first-order valence-corrected chi connectivity index (χ1v) is 7.54. The van der Waals surface area contributed by atoms with Crippen molar-refractivity contribution in [3.05, 3.63) is 45.0 Å². The number of phenols is 1. The van der Waals surface area contributed by atoms with Crippen LogP contribution in [0.4, 0.5) is 5.69 Å². The number of halogens is 1. The average Bonchev–Trinajstić information content (AvgIpc) is 2.48. The molecule has 1 aliphatic heterocycles. The van der Waals surface area contributed by atoms with Crippen LogP contribution >= 0.6 is 11.6 Å². The van der Waals surface area contributed by atoms with Crippen molar-refractivity contribution in [1.29, 1.82) is 0 Å². The first kappa shape index (κ1) is 16.7. The molecule has 1 aromatic carbocycles. The smallest absolute Gasteiger partial charge is 0.278 e. The van der Waals surface area contributed by atoms with Crippen molar-refractivity contribution in [1.82, 2.24) is 10.2 Å². The van der Waals surface area contributed by atoms with Crippen molar-refractivity contribution < 1.29 is 10.0 Å². The molecule has 0 aromatic heterocycles. The average molecular weight is 326 g/mol. The summed E-state index contributed by atoms with van der Waals surface area (Å²) in [5.74, 6) is -0.208. The highest BCUT2D eigenvalue weighted by molar-refractivity contribution is 6.32. The molecule has 1 aliphatic rings. The molecule has 0 spiro atoms. The van der Waals surface area contributed by atoms with Gasteiger partial charge in [0.25, 0.3) is 5.69 Å². The molecule has 0 amide bonds. The van der Waals surface area contributed by atoms with Gasteiger partial charge in [-0.15, -0.1) is 6.58 Å². The number of hydrogen-bond acceptors (Lipinski definition) is 5. The number of rotatable bonds is 5. The van der Waals surface area contributed by atoms with E-state index in [1.165, 1.54) is 12.1 Å². The SMILES string of the molecule is C=C(C)C[C@@H](c1c([N+](=O)[O-])ccc(Cl)c1O)N1CCNCC1. The second-order valence-electron chi connectivity index (χ2n) is 5.55. The summed E-state index contributed by atoms with van der Waals surface area (Å²) in [7, 11) is 0. The second-order valence-corrected chi connectivity index (χ2v) is 5.96. The molecule has 1 heterocycles. The minimum Gasteiger partial charge on any atom is -0.506 e. The highest BCUT2D eigenvalue weighted by Gasteiger charge is 2.32. The van der Waals surface area contributed by atoms with Crippen LogP contribution in [0.15, 0.2) is 24.3 Å². The van der Waals surface area contributed by atoms with E-state index in [-0.39, 0.29) is 28.1 Å². The minimum atomic E-state index is -0.473. The maximum atomic E-state index is 11.4. The molecule has 2 rings (SSSR count). The molecule has 7 heteroatoms. The van der Waals surface area contributed by atoms with Gasteiger partial charge in [-0.1, -0.05) is 17.2 Å². The normalized spacial score (nSPS) is 17.2. The Bertz CT molecular complexity index is 586. The van der Waals surface area contributed by atoms with Crippen LogP contribution in [-0.4, -0.2) is 41.1 Å². The van der Waals surface area contributed by atoms with Crippen LogP contribution < -0.4 is 5.32 Å². The Hall–Kier alpha value is -1.63. The summed E-state index contributed by atoms with van der Waals surface area (Å²) in [6.07, 6.45) is 0.536. The maximum absolute atomic E-state index is 11.4. The maximum Gasteiger partial charge on any atom is 0.278 e. The predicted molar refractivity (Wildman–Crippen MR) is 86.4 cm³/mol. The van der Waals surface area contributed by atoms with Gasteiger partial charge in [0.05, 0.1) is 15.5 Å². The Kier molecular flexibility index (Phi) is 5.39. The Morgan fingerprint density at radius 3 is 2.73 bits per heavy atom. The number of benzene rings is 1. The van der Waals surface area contributed by atoms with Crippen molar-refractivity contribution in [3.8, 4) is 5.75 Å². The Labute approximate surface area is 134 Å². The molecule has 1 aromatic rings. The van der Waals surface area contributed by atoms with Crippen LogP contribution in [-0.2, 0) is 0 Å². The van der Waals surface area contributed by atoms with Crippen LogP contribution in [0.25, 0.3) is 0 Å². The number of piperazine rings is 1. The summed E-state index contributed by atoms with van der Waals surface area (Å²) >= 11 is 5.98. The van der Waals surface area contributed by atoms with Crippen LogP contribution in [0.2, 0.25) is 5.02 Å². The molecule has 0 bridgehead atoms. The first-order valence-electron chi connectivity index (χ1n) is 7.16. The zero-order valence-corrected chi connectivity index (χ0v) is 13.3. The summed E-state index contributed by atoms with van der Waals surface area (Å²) in [5.41, 5.74) is 1.08. The van der Waals surface area contributed by atoms with E-state index in [0.717, 1.165) is 31.8 Å². The Balaban J connectivity index is 2.52. The molecule has 1 atom stereocenters. The van der Waals surface area contributed by atoms with Gasteiger partial charge in [-0.2, -0.15) is 0 Å². The fourth-order valence-corrected chi connectivity index (χ4v) is 2.96. The number of nitrogens with zero attached hydrogens (tertiary/aromatic N) is 2. The van der Waals surface area contributed by atoms with E-state index >= 15 is 0 Å². The lowest BCUT2D eigenvalue weighted by Crippen LogP contribution is -2.45. The third-order valence-corrected chi connectivity index (χ3v) is 4.11. The molecule has 1 fully saturated rings. The van der Waals surface area contributed by atoms with Crippen molar-refractivity contribution in [2.45, 2.75) is 19.4 Å². The minimum absolute atomic E-state index is 0.105. The fourth-order valence-electron chi connectivity index (χ4n) is 2.80. The standard InChI is InChI=1S/C15H20ClN3O3/c1-10(2)9-13(18-7-5-17-6-8-18)14-12(19(21)22)4-3-11(16)15(14)20/h3-4,13,17,20H,1,5-9H2,2H3/t13-/m0/s1. The quantitative estimate of drug-likeness (QED) is 0.494. The molecular formula is C15H20ClN3O3. The second kappa shape index (κ2) is 7.09. The van der Waals surface area contributed by atoms with Crippen LogP contribution in [0.3, 0.4) is 0 Å². The molecule has 120 valence electrons. The monoisotopic (exact) mass is 325 g/mol. The Morgan fingerprint density at radius 2 is 2.18 bits per heavy atom. The summed E-state index contributed by atoms with van der Waals surface area (Å²) in [4.78, 5) is 13.0. The number of nitrogens with one attached hydrogen (secondary N) is 1. The molecule has 0 radical (unpaired) electrons. The van der Waals surface area contributed by atoms with Crippen molar-refractivity contribution in [2.75, 3.05) is 26.2 Å². The molecule has 6 nitrogen and oxygen atoms in total. The fraction of sp³-hybridized carbons (Fsp3) is 0.467. The van der Waals surface area contributed by atoms with Gasteiger partial charge in [-0.25, -0.2) is 0 Å². The molecule has 0 saturated carbocycles. The summed E-state index contributed by atoms with van der Waals surface area (Å²) in [5, 5.41) is 25.1. The first-order chi connectivity index (χ1) is 10.4. The molecule has 0 unspecified atom stereocenters. The van der Waals surface area contributed by atoms with Gasteiger partial charge in [0.2, 0.25) is 0 Å². The lowest BCUT2D eigenvalue weighted by atomic mass is 9.95. The van der Waals surface area contributed by atoms with E-state index in [4.69, 9.17) is 11.6 Å². The van der Waals surface area contributed by atoms with Gasteiger partial charge in [0.15, 0.2) is 0 Å². The van der Waals surface area contributed by atoms with E-state index < -0.39 is 4.92 Å². The van der Waals surface area contributed by atoms with Gasteiger partial charge in [-0.05, 0) is 19.4 Å². The van der Waals surface area contributed by atoms with Gasteiger partial charge < -0.3 is 10.4 Å². The van der Waals surface area contributed by atoms with Gasteiger partial charge in [0.1, 0.15) is 5.75 Å². The number of hydrogen-bond donors (Lipinski definition) is 2. The van der Waals surface area contributed by atoms with Crippen molar-refractivity contribution in [2.24, 2.45) is 0 Å². The number of aromatic hydroxyl groups is 1. The molecular weight excluding hydrogens is 306 g/mol. The zero-order chi connectivity index (χ0) is 16.3. The van der Waals surface area contributed by atoms with Gasteiger partial charge in [0, 0.05) is 38.3 Å². The van der Waals surface area contributed by atoms with Gasteiger partial charge in [-0.3, -0.25) is 15.0 Å². The number of nitro groups is 1. The molecule has 1 saturated heterocycles. The van der Waals surface area contributed by atoms with Crippen LogP contribution in [0, 0.1) is 10.1 Å². The summed E-state index contributed by atoms with van der Waals surface area (Å²) in [6.45, 7) is 8.91. The molecule has 22 heavy (non-hydrogen) atoms. The van der Waals surface area contributed by atoms with Crippen LogP contribution in [0.1, 0.15) is 24.9 Å². The van der Waals surface area contributed by atoms with Crippen LogP contribution in [0.5, 0.6) is 5.75 Å². The van der Waals surface area contributed by atoms with Crippen molar-refractivity contribution in [3.63, 3.8) is 0 Å². The number of nitro benzene ring substituents is 1. The topological polar surface area (TPSA) is 78.6 Å². The lowest BCUT2D eigenvalue weighted by molar-refractivity contribution is -0.386. The largest absolute Gasteiger partial charge is 0.506 e. The predicted octanol–water partition coefficient (Wildman–Crippen LogP) is 2.87. The lowest BCUT2D eigenvalue weighted by Gasteiger charge is -2.35. The van der Waals surface area contributed by atoms with Crippen molar-refractivity contribution >= 4 is 17.3 Å². The van der Waals surface area contributed by atoms with E-state index in [1.54, 1.807) is 0 Å². The third kappa shape index (κ3) is 3.58. The highest BCUT2D eigenvalue weighted by atomic mass is 35.5. The van der Waals surface area contributed by atoms with E-state index in [0.29, 0.717) is 6.42 Å². The molecule has 2 N–H and O–H groups in total. The Morgan fingerprint density at radius 1 is 1.55 bits per heavy atom. The molecule has 0 aliphatic carbocycles. The van der Waals surface area contributed by atoms with Gasteiger partial charge >= 0.3 is 0 Å². The summed E-state index contributed by atoms with van der Waals surface area (Å²) in [6, 6.07) is 2.40. The zero-order valence-electron chi connectivity index (χ0n) is 12.5. The van der Waals surface area contributed by atoms with E-state index in [9.17, 15) is 15.2 Å². The van der Waals surface area contributed by atoms with E-state index in [2.05, 4.69) is 16.8 Å². The van der Waals surface area contributed by atoms with E-state index in [1.807, 2.05) is 6.92 Å². The summed E-state index contributed by atoms with van der Waals surface area (Å²) < 4.78 is 0. The number of phenolic OH excluding ortho intramolecular Hbond substituents is 1. The third-order valence-electron chi connectivity index (χ3n) is 3.81. The highest BCUT2D eigenvalue weighted by Crippen LogP contribution is 2.42.